The first kappa shape index (κ1) is 12.4. The molecule has 2 rings (SSSR count). The molecule has 0 amide bonds. The highest BCUT2D eigenvalue weighted by Gasteiger charge is 2.05. The van der Waals surface area contributed by atoms with Gasteiger partial charge in [0.25, 0.3) is 0 Å². The van der Waals surface area contributed by atoms with Gasteiger partial charge >= 0.3 is 0 Å². The molecule has 0 saturated heterocycles. The molecule has 2 aromatic rings. The molecular formula is C14H16N2O2. The lowest BCUT2D eigenvalue weighted by Crippen LogP contribution is -2.23. The van der Waals surface area contributed by atoms with Crippen LogP contribution >= 0.6 is 0 Å². The van der Waals surface area contributed by atoms with E-state index in [1.165, 1.54) is 0 Å². The minimum atomic E-state index is -0.577. The highest BCUT2D eigenvalue weighted by Crippen LogP contribution is 2.08. The van der Waals surface area contributed by atoms with Crippen LogP contribution < -0.4 is 10.1 Å². The standard InChI is InChI=1S/C14H16N2O2/c15-12-6-8-16(9-7-12)10-13(17)11-18-14-4-2-1-3-5-14/h1-9,13,15,17H,10-11H2/t13-/m0/s1. The van der Waals surface area contributed by atoms with Crippen molar-refractivity contribution < 1.29 is 9.84 Å². The Morgan fingerprint density at radius 1 is 1.11 bits per heavy atom. The third-order valence-electron chi connectivity index (χ3n) is 2.50. The van der Waals surface area contributed by atoms with E-state index in [1.807, 2.05) is 34.9 Å². The highest BCUT2D eigenvalue weighted by atomic mass is 16.5. The molecule has 0 bridgehead atoms. The molecule has 1 aromatic carbocycles. The van der Waals surface area contributed by atoms with Crippen molar-refractivity contribution in [2.45, 2.75) is 12.6 Å². The molecule has 0 radical (unpaired) electrons. The Morgan fingerprint density at radius 2 is 1.78 bits per heavy atom. The van der Waals surface area contributed by atoms with Gasteiger partial charge in [-0.05, 0) is 24.3 Å². The Morgan fingerprint density at radius 3 is 2.44 bits per heavy atom. The van der Waals surface area contributed by atoms with E-state index in [0.29, 0.717) is 11.9 Å². The molecule has 0 aliphatic heterocycles. The molecule has 0 aliphatic rings. The largest absolute Gasteiger partial charge is 0.491 e. The zero-order valence-corrected chi connectivity index (χ0v) is 9.99. The number of ether oxygens (including phenoxy) is 1. The monoisotopic (exact) mass is 244 g/mol. The van der Waals surface area contributed by atoms with Crippen molar-refractivity contribution in [1.82, 2.24) is 4.57 Å². The number of para-hydroxylation sites is 1. The fourth-order valence-corrected chi connectivity index (χ4v) is 1.58. The molecule has 0 saturated carbocycles. The Labute approximate surface area is 106 Å². The first-order valence-electron chi connectivity index (χ1n) is 5.80. The summed E-state index contributed by atoms with van der Waals surface area (Å²) in [5.74, 6) is 0.753. The average Bonchev–Trinajstić information content (AvgIpc) is 2.40. The number of hydrogen-bond acceptors (Lipinski definition) is 3. The quantitative estimate of drug-likeness (QED) is 0.835. The second kappa shape index (κ2) is 6.02. The minimum Gasteiger partial charge on any atom is -0.491 e. The number of aliphatic hydroxyl groups excluding tert-OH is 1. The summed E-state index contributed by atoms with van der Waals surface area (Å²) in [6.45, 7) is 0.701. The molecule has 4 heteroatoms. The SMILES string of the molecule is N=c1ccn(C[C@H](O)COc2ccccc2)cc1. The normalized spacial score (nSPS) is 12.1. The van der Waals surface area contributed by atoms with E-state index >= 15 is 0 Å². The third kappa shape index (κ3) is 3.75. The number of nitrogens with zero attached hydrogens (tertiary/aromatic N) is 1. The lowest BCUT2D eigenvalue weighted by Gasteiger charge is -2.14. The fraction of sp³-hybridized carbons (Fsp3) is 0.214. The van der Waals surface area contributed by atoms with Gasteiger partial charge in [0.1, 0.15) is 18.5 Å². The smallest absolute Gasteiger partial charge is 0.119 e. The van der Waals surface area contributed by atoms with Crippen LogP contribution in [0.3, 0.4) is 0 Å². The zero-order valence-electron chi connectivity index (χ0n) is 9.99. The molecule has 0 aliphatic carbocycles. The van der Waals surface area contributed by atoms with Gasteiger partial charge in [0, 0.05) is 12.4 Å². The van der Waals surface area contributed by atoms with Crippen LogP contribution in [0, 0.1) is 5.41 Å². The lowest BCUT2D eigenvalue weighted by molar-refractivity contribution is 0.0923. The molecule has 0 fully saturated rings. The summed E-state index contributed by atoms with van der Waals surface area (Å²) in [7, 11) is 0. The molecule has 1 atom stereocenters. The Balaban J connectivity index is 1.83. The Bertz CT molecular complexity index is 516. The number of pyridine rings is 1. The molecule has 0 spiro atoms. The second-order valence-electron chi connectivity index (χ2n) is 4.06. The molecule has 18 heavy (non-hydrogen) atoms. The molecular weight excluding hydrogens is 228 g/mol. The Kier molecular flexibility index (Phi) is 4.15. The molecule has 4 nitrogen and oxygen atoms in total. The number of nitrogens with one attached hydrogen (secondary N) is 1. The van der Waals surface area contributed by atoms with Crippen LogP contribution in [0.25, 0.3) is 0 Å². The van der Waals surface area contributed by atoms with Crippen LogP contribution in [0.1, 0.15) is 0 Å². The average molecular weight is 244 g/mol. The van der Waals surface area contributed by atoms with Gasteiger partial charge < -0.3 is 19.8 Å². The van der Waals surface area contributed by atoms with Crippen LogP contribution in [0.2, 0.25) is 0 Å². The predicted octanol–water partition coefficient (Wildman–Crippen LogP) is 1.41. The van der Waals surface area contributed by atoms with Gasteiger partial charge in [-0.15, -0.1) is 0 Å². The number of hydrogen-bond donors (Lipinski definition) is 2. The van der Waals surface area contributed by atoms with Crippen LogP contribution in [-0.4, -0.2) is 22.4 Å². The van der Waals surface area contributed by atoms with E-state index < -0.39 is 6.10 Å². The molecule has 2 N–H and O–H groups in total. The maximum absolute atomic E-state index is 9.84. The van der Waals surface area contributed by atoms with Crippen LogP contribution in [0.15, 0.2) is 54.9 Å². The maximum atomic E-state index is 9.84. The van der Waals surface area contributed by atoms with Crippen molar-refractivity contribution in [3.63, 3.8) is 0 Å². The fourth-order valence-electron chi connectivity index (χ4n) is 1.58. The van der Waals surface area contributed by atoms with Gasteiger partial charge in [-0.1, -0.05) is 18.2 Å². The van der Waals surface area contributed by atoms with Crippen molar-refractivity contribution in [3.8, 4) is 5.75 Å². The maximum Gasteiger partial charge on any atom is 0.119 e. The van der Waals surface area contributed by atoms with E-state index in [-0.39, 0.29) is 6.61 Å². The summed E-state index contributed by atoms with van der Waals surface area (Å²) in [5.41, 5.74) is 0. The predicted molar refractivity (Wildman–Crippen MR) is 68.2 cm³/mol. The van der Waals surface area contributed by atoms with Crippen LogP contribution in [0.4, 0.5) is 0 Å². The highest BCUT2D eigenvalue weighted by molar-refractivity contribution is 5.20. The first-order chi connectivity index (χ1) is 8.74. The second-order valence-corrected chi connectivity index (χ2v) is 4.06. The van der Waals surface area contributed by atoms with Crippen LogP contribution in [0.5, 0.6) is 5.75 Å². The van der Waals surface area contributed by atoms with Crippen molar-refractivity contribution in [1.29, 1.82) is 5.41 Å². The Hall–Kier alpha value is -2.07. The minimum absolute atomic E-state index is 0.250. The summed E-state index contributed by atoms with van der Waals surface area (Å²) < 4.78 is 7.29. The zero-order chi connectivity index (χ0) is 12.8. The van der Waals surface area contributed by atoms with Crippen molar-refractivity contribution in [3.05, 3.63) is 60.2 Å². The van der Waals surface area contributed by atoms with Gasteiger partial charge in [-0.2, -0.15) is 0 Å². The molecule has 1 heterocycles. The first-order valence-corrected chi connectivity index (χ1v) is 5.80. The summed E-state index contributed by atoms with van der Waals surface area (Å²) in [5, 5.41) is 17.7. The van der Waals surface area contributed by atoms with Gasteiger partial charge in [-0.25, -0.2) is 0 Å². The number of aliphatic hydroxyl groups is 1. The van der Waals surface area contributed by atoms with Crippen LogP contribution in [-0.2, 0) is 6.54 Å². The number of rotatable bonds is 5. The van der Waals surface area contributed by atoms with Gasteiger partial charge in [0.2, 0.25) is 0 Å². The van der Waals surface area contributed by atoms with Gasteiger partial charge in [0.05, 0.1) is 11.9 Å². The summed E-state index contributed by atoms with van der Waals surface area (Å²) in [4.78, 5) is 0. The van der Waals surface area contributed by atoms with Crippen molar-refractivity contribution in [2.24, 2.45) is 0 Å². The molecule has 1 aromatic heterocycles. The number of benzene rings is 1. The van der Waals surface area contributed by atoms with Crippen molar-refractivity contribution in [2.75, 3.05) is 6.61 Å². The molecule has 94 valence electrons. The van der Waals surface area contributed by atoms with E-state index in [1.54, 1.807) is 24.5 Å². The molecule has 0 unspecified atom stereocenters. The van der Waals surface area contributed by atoms with Crippen molar-refractivity contribution >= 4 is 0 Å². The summed E-state index contributed by atoms with van der Waals surface area (Å²) in [6, 6.07) is 12.8. The van der Waals surface area contributed by atoms with Gasteiger partial charge in [-0.3, -0.25) is 0 Å². The summed E-state index contributed by atoms with van der Waals surface area (Å²) >= 11 is 0. The van der Waals surface area contributed by atoms with E-state index in [9.17, 15) is 5.11 Å². The summed E-state index contributed by atoms with van der Waals surface area (Å²) in [6.07, 6.45) is 2.97. The third-order valence-corrected chi connectivity index (χ3v) is 2.50. The number of aromatic nitrogens is 1. The van der Waals surface area contributed by atoms with Gasteiger partial charge in [0.15, 0.2) is 0 Å². The lowest BCUT2D eigenvalue weighted by atomic mass is 10.3. The van der Waals surface area contributed by atoms with E-state index in [0.717, 1.165) is 5.75 Å². The topological polar surface area (TPSA) is 58.2 Å². The van der Waals surface area contributed by atoms with E-state index in [4.69, 9.17) is 10.1 Å². The van der Waals surface area contributed by atoms with E-state index in [2.05, 4.69) is 0 Å².